The van der Waals surface area contributed by atoms with Crippen molar-refractivity contribution in [3.63, 3.8) is 0 Å². The first-order valence-electron chi connectivity index (χ1n) is 4.66. The maximum atomic E-state index is 10.6. The van der Waals surface area contributed by atoms with Crippen LogP contribution in [0.15, 0.2) is 24.3 Å². The van der Waals surface area contributed by atoms with E-state index in [-0.39, 0.29) is 5.91 Å². The third-order valence-electron chi connectivity index (χ3n) is 1.68. The molecule has 0 aliphatic carbocycles. The van der Waals surface area contributed by atoms with Gasteiger partial charge >= 0.3 is 106 Å². The molecule has 1 N–H and O–H groups in total. The maximum absolute atomic E-state index is 10.6. The molecule has 1 rings (SSSR count). The van der Waals surface area contributed by atoms with Crippen molar-refractivity contribution < 1.29 is 8.52 Å². The number of nitrogens with one attached hydrogen (secondary N) is 1. The van der Waals surface area contributed by atoms with Gasteiger partial charge in [0.05, 0.1) is 0 Å². The van der Waals surface area contributed by atoms with E-state index >= 15 is 0 Å². The molecule has 2 atom stereocenters. The van der Waals surface area contributed by atoms with E-state index in [1.165, 1.54) is 15.6 Å². The van der Waals surface area contributed by atoms with Gasteiger partial charge in [0.15, 0.2) is 0 Å². The van der Waals surface area contributed by atoms with E-state index in [0.29, 0.717) is 13.2 Å². The van der Waals surface area contributed by atoms with Gasteiger partial charge in [-0.1, -0.05) is 0 Å². The number of rotatable bonds is 5. The minimum atomic E-state index is -0.495. The van der Waals surface area contributed by atoms with E-state index in [9.17, 15) is 4.79 Å². The quantitative estimate of drug-likeness (QED) is 0.505. The topological polar surface area (TPSA) is 38.3 Å². The Morgan fingerprint density at radius 2 is 2.13 bits per heavy atom. The normalized spacial score (nSPS) is 10.8. The zero-order valence-corrected chi connectivity index (χ0v) is 13.1. The SMILES string of the molecule is CC(=O)NCCO[AsH]c1ccc([AsH2])cc1. The van der Waals surface area contributed by atoms with Crippen LogP contribution in [-0.2, 0) is 8.52 Å². The second kappa shape index (κ2) is 7.11. The van der Waals surface area contributed by atoms with Crippen molar-refractivity contribution in [3.05, 3.63) is 24.3 Å². The first kappa shape index (κ1) is 12.8. The van der Waals surface area contributed by atoms with E-state index in [1.54, 1.807) is 16.9 Å². The number of carbonyl (C=O) groups is 1. The van der Waals surface area contributed by atoms with Crippen LogP contribution in [0.5, 0.6) is 0 Å². The Morgan fingerprint density at radius 3 is 2.73 bits per heavy atom. The number of hydrogen-bond donors (Lipinski definition) is 1. The monoisotopic (exact) mass is 331 g/mol. The molecular formula is C10H15As2NO2. The average molecular weight is 331 g/mol. The molecule has 0 spiro atoms. The fourth-order valence-electron chi connectivity index (χ4n) is 0.964. The van der Waals surface area contributed by atoms with Crippen molar-refractivity contribution >= 4 is 47.6 Å². The summed E-state index contributed by atoms with van der Waals surface area (Å²) in [5, 5.41) is 2.70. The van der Waals surface area contributed by atoms with E-state index in [1.807, 2.05) is 0 Å². The molecule has 0 aliphatic rings. The molecule has 2 unspecified atom stereocenters. The summed E-state index contributed by atoms with van der Waals surface area (Å²) >= 11 is 1.14. The van der Waals surface area contributed by atoms with Gasteiger partial charge in [-0.05, 0) is 0 Å². The molecule has 1 aromatic carbocycles. The Hall–Kier alpha value is -0.233. The standard InChI is InChI=1S/C10H15As2NO2/c1-8(14)13-6-7-15-12-10-4-2-9(11)3-5-10/h2-5,12H,6-7,11H2,1H3,(H,13,14). The molecule has 82 valence electrons. The third-order valence-corrected chi connectivity index (χ3v) is 4.41. The molecule has 3 nitrogen and oxygen atoms in total. The molecule has 0 bridgehead atoms. The second-order valence-corrected chi connectivity index (χ2v) is 6.70. The van der Waals surface area contributed by atoms with E-state index in [2.05, 4.69) is 29.6 Å². The molecule has 15 heavy (non-hydrogen) atoms. The Balaban J connectivity index is 2.15. The summed E-state index contributed by atoms with van der Waals surface area (Å²) in [4.78, 5) is 10.6. The van der Waals surface area contributed by atoms with Gasteiger partial charge in [0.1, 0.15) is 0 Å². The first-order chi connectivity index (χ1) is 7.18. The Bertz CT molecular complexity index is 314. The van der Waals surface area contributed by atoms with Crippen LogP contribution in [0.3, 0.4) is 0 Å². The van der Waals surface area contributed by atoms with Crippen molar-refractivity contribution in [2.24, 2.45) is 0 Å². The molecule has 0 fully saturated rings. The zero-order chi connectivity index (χ0) is 11.1. The summed E-state index contributed by atoms with van der Waals surface area (Å²) in [6.45, 7) is 2.73. The number of hydrogen-bond acceptors (Lipinski definition) is 2. The van der Waals surface area contributed by atoms with Crippen molar-refractivity contribution in [2.45, 2.75) is 6.92 Å². The van der Waals surface area contributed by atoms with Crippen LogP contribution in [0, 0.1) is 0 Å². The molecule has 0 saturated carbocycles. The first-order valence-corrected chi connectivity index (χ1v) is 7.78. The number of amides is 1. The summed E-state index contributed by atoms with van der Waals surface area (Å²) in [6.07, 6.45) is 0. The van der Waals surface area contributed by atoms with Crippen molar-refractivity contribution in [1.29, 1.82) is 0 Å². The Kier molecular flexibility index (Phi) is 6.08. The van der Waals surface area contributed by atoms with Crippen LogP contribution >= 0.6 is 0 Å². The van der Waals surface area contributed by atoms with Crippen molar-refractivity contribution in [3.8, 4) is 0 Å². The van der Waals surface area contributed by atoms with Gasteiger partial charge in [-0.15, -0.1) is 0 Å². The number of benzene rings is 1. The van der Waals surface area contributed by atoms with Crippen molar-refractivity contribution in [1.82, 2.24) is 5.32 Å². The van der Waals surface area contributed by atoms with Crippen LogP contribution in [0.2, 0.25) is 0 Å². The molecular weight excluding hydrogens is 316 g/mol. The summed E-state index contributed by atoms with van der Waals surface area (Å²) in [6, 6.07) is 8.48. The molecule has 0 heterocycles. The van der Waals surface area contributed by atoms with Crippen LogP contribution in [-0.4, -0.2) is 52.0 Å². The summed E-state index contributed by atoms with van der Waals surface area (Å²) < 4.78 is 8.15. The van der Waals surface area contributed by atoms with Gasteiger partial charge in [0.2, 0.25) is 0 Å². The van der Waals surface area contributed by atoms with E-state index in [0.717, 1.165) is 0 Å². The summed E-state index contributed by atoms with van der Waals surface area (Å²) in [5.41, 5.74) is 0. The molecule has 1 aromatic rings. The summed E-state index contributed by atoms with van der Waals surface area (Å²) in [5.74, 6) is -0.00355. The van der Waals surface area contributed by atoms with Crippen LogP contribution in [0.4, 0.5) is 0 Å². The second-order valence-electron chi connectivity index (χ2n) is 3.06. The van der Waals surface area contributed by atoms with Gasteiger partial charge < -0.3 is 0 Å². The van der Waals surface area contributed by atoms with Gasteiger partial charge in [-0.2, -0.15) is 0 Å². The summed E-state index contributed by atoms with van der Waals surface area (Å²) in [7, 11) is 0. The molecule has 0 aliphatic heterocycles. The van der Waals surface area contributed by atoms with Gasteiger partial charge in [-0.3, -0.25) is 0 Å². The fraction of sp³-hybridized carbons (Fsp3) is 0.300. The zero-order valence-electron chi connectivity index (χ0n) is 8.62. The predicted octanol–water partition coefficient (Wildman–Crippen LogP) is -1.93. The Morgan fingerprint density at radius 1 is 1.47 bits per heavy atom. The molecule has 0 radical (unpaired) electrons. The number of carbonyl (C=O) groups excluding carboxylic acids is 1. The third kappa shape index (κ3) is 6.04. The average Bonchev–Trinajstić information content (AvgIpc) is 2.20. The predicted molar refractivity (Wildman–Crippen MR) is 66.0 cm³/mol. The van der Waals surface area contributed by atoms with Gasteiger partial charge in [0.25, 0.3) is 0 Å². The van der Waals surface area contributed by atoms with E-state index in [4.69, 9.17) is 3.73 Å². The van der Waals surface area contributed by atoms with E-state index < -0.39 is 16.1 Å². The molecule has 0 saturated heterocycles. The van der Waals surface area contributed by atoms with Crippen molar-refractivity contribution in [2.75, 3.05) is 13.2 Å². The fourth-order valence-corrected chi connectivity index (χ4v) is 2.78. The van der Waals surface area contributed by atoms with Crippen LogP contribution in [0.1, 0.15) is 6.92 Å². The Labute approximate surface area is 106 Å². The van der Waals surface area contributed by atoms with Gasteiger partial charge in [-0.25, -0.2) is 0 Å². The molecule has 1 amide bonds. The van der Waals surface area contributed by atoms with Gasteiger partial charge in [0, 0.05) is 0 Å². The minimum absolute atomic E-state index is 0.00355. The van der Waals surface area contributed by atoms with Crippen LogP contribution in [0.25, 0.3) is 0 Å². The molecule has 0 aromatic heterocycles. The van der Waals surface area contributed by atoms with Crippen LogP contribution < -0.4 is 14.0 Å². The molecule has 5 heteroatoms.